The van der Waals surface area contributed by atoms with Crippen molar-refractivity contribution in [2.75, 3.05) is 18.0 Å². The van der Waals surface area contributed by atoms with E-state index in [2.05, 4.69) is 30.2 Å². The van der Waals surface area contributed by atoms with Gasteiger partial charge in [-0.05, 0) is 50.5 Å². The first-order valence-electron chi connectivity index (χ1n) is 9.63. The van der Waals surface area contributed by atoms with E-state index in [1.54, 1.807) is 12.4 Å². The average molecular weight is 376 g/mol. The van der Waals surface area contributed by atoms with Gasteiger partial charge in [-0.1, -0.05) is 0 Å². The lowest BCUT2D eigenvalue weighted by molar-refractivity contribution is -0.125. The molecule has 1 amide bonds. The van der Waals surface area contributed by atoms with Crippen LogP contribution in [0, 0.1) is 19.8 Å². The van der Waals surface area contributed by atoms with Gasteiger partial charge in [0.05, 0.1) is 23.3 Å². The summed E-state index contributed by atoms with van der Waals surface area (Å²) >= 11 is 0. The Morgan fingerprint density at radius 1 is 1.14 bits per heavy atom. The fourth-order valence-corrected chi connectivity index (χ4v) is 3.51. The van der Waals surface area contributed by atoms with Crippen LogP contribution in [0.15, 0.2) is 36.8 Å². The molecule has 3 aromatic rings. The molecule has 0 atom stereocenters. The summed E-state index contributed by atoms with van der Waals surface area (Å²) in [7, 11) is 0. The molecule has 1 N–H and O–H groups in total. The summed E-state index contributed by atoms with van der Waals surface area (Å²) in [6.07, 6.45) is 7.00. The molecule has 0 radical (unpaired) electrons. The highest BCUT2D eigenvalue weighted by Crippen LogP contribution is 2.25. The SMILES string of the molecule is Cc1nc2cc(N3CCC(C(=O)NCc4ccncc4)CC3)cnc2nc1C. The molecule has 0 aliphatic carbocycles. The number of fused-ring (bicyclic) bond motifs is 1. The lowest BCUT2D eigenvalue weighted by Gasteiger charge is -2.32. The summed E-state index contributed by atoms with van der Waals surface area (Å²) in [5.41, 5.74) is 5.44. The molecule has 0 bridgehead atoms. The first kappa shape index (κ1) is 18.3. The molecule has 0 spiro atoms. The van der Waals surface area contributed by atoms with Gasteiger partial charge in [0, 0.05) is 37.9 Å². The van der Waals surface area contributed by atoms with Gasteiger partial charge in [-0.2, -0.15) is 0 Å². The monoisotopic (exact) mass is 376 g/mol. The van der Waals surface area contributed by atoms with Crippen LogP contribution in [0.3, 0.4) is 0 Å². The number of rotatable bonds is 4. The van der Waals surface area contributed by atoms with Crippen LogP contribution in [0.25, 0.3) is 11.2 Å². The van der Waals surface area contributed by atoms with Crippen molar-refractivity contribution in [3.8, 4) is 0 Å². The Balaban J connectivity index is 1.36. The van der Waals surface area contributed by atoms with Crippen LogP contribution < -0.4 is 10.2 Å². The number of anilines is 1. The number of carbonyl (C=O) groups is 1. The van der Waals surface area contributed by atoms with Gasteiger partial charge in [-0.25, -0.2) is 15.0 Å². The van der Waals surface area contributed by atoms with Crippen LogP contribution in [0.4, 0.5) is 5.69 Å². The van der Waals surface area contributed by atoms with Crippen molar-refractivity contribution in [1.29, 1.82) is 0 Å². The molecule has 0 unspecified atom stereocenters. The van der Waals surface area contributed by atoms with Crippen LogP contribution in [0.1, 0.15) is 29.8 Å². The number of hydrogen-bond donors (Lipinski definition) is 1. The maximum atomic E-state index is 12.5. The van der Waals surface area contributed by atoms with Gasteiger partial charge < -0.3 is 10.2 Å². The summed E-state index contributed by atoms with van der Waals surface area (Å²) in [6, 6.07) is 5.88. The molecule has 7 heteroatoms. The zero-order chi connectivity index (χ0) is 19.5. The van der Waals surface area contributed by atoms with E-state index in [0.717, 1.165) is 54.1 Å². The second-order valence-electron chi connectivity index (χ2n) is 7.27. The Labute approximate surface area is 164 Å². The number of carbonyl (C=O) groups excluding carboxylic acids is 1. The zero-order valence-electron chi connectivity index (χ0n) is 16.2. The average Bonchev–Trinajstić information content (AvgIpc) is 2.73. The summed E-state index contributed by atoms with van der Waals surface area (Å²) < 4.78 is 0. The van der Waals surface area contributed by atoms with E-state index in [1.807, 2.05) is 38.2 Å². The lowest BCUT2D eigenvalue weighted by atomic mass is 9.95. The van der Waals surface area contributed by atoms with Crippen molar-refractivity contribution in [2.45, 2.75) is 33.2 Å². The van der Waals surface area contributed by atoms with E-state index in [4.69, 9.17) is 0 Å². The van der Waals surface area contributed by atoms with Gasteiger partial charge >= 0.3 is 0 Å². The molecule has 1 aliphatic rings. The van der Waals surface area contributed by atoms with Crippen LogP contribution in [0.5, 0.6) is 0 Å². The third kappa shape index (κ3) is 3.93. The Hall–Kier alpha value is -3.09. The lowest BCUT2D eigenvalue weighted by Crippen LogP contribution is -2.40. The maximum absolute atomic E-state index is 12.5. The summed E-state index contributed by atoms with van der Waals surface area (Å²) in [5.74, 6) is 0.182. The fraction of sp³-hybridized carbons (Fsp3) is 0.381. The number of pyridine rings is 2. The second-order valence-corrected chi connectivity index (χ2v) is 7.27. The maximum Gasteiger partial charge on any atom is 0.223 e. The van der Waals surface area contributed by atoms with Gasteiger partial charge in [-0.3, -0.25) is 9.78 Å². The first-order chi connectivity index (χ1) is 13.6. The number of hydrogen-bond acceptors (Lipinski definition) is 6. The Morgan fingerprint density at radius 2 is 1.86 bits per heavy atom. The number of nitrogens with one attached hydrogen (secondary N) is 1. The van der Waals surface area contributed by atoms with E-state index in [1.165, 1.54) is 0 Å². The Bertz CT molecular complexity index is 983. The van der Waals surface area contributed by atoms with Crippen LogP contribution >= 0.6 is 0 Å². The van der Waals surface area contributed by atoms with Crippen molar-refractivity contribution in [3.05, 3.63) is 53.7 Å². The van der Waals surface area contributed by atoms with Crippen molar-refractivity contribution < 1.29 is 4.79 Å². The van der Waals surface area contributed by atoms with Crippen molar-refractivity contribution in [2.24, 2.45) is 5.92 Å². The molecule has 7 nitrogen and oxygen atoms in total. The van der Waals surface area contributed by atoms with E-state index < -0.39 is 0 Å². The van der Waals surface area contributed by atoms with Crippen molar-refractivity contribution >= 4 is 22.8 Å². The molecular weight excluding hydrogens is 352 g/mol. The highest BCUT2D eigenvalue weighted by Gasteiger charge is 2.25. The normalized spacial score (nSPS) is 15.0. The van der Waals surface area contributed by atoms with Gasteiger partial charge in [0.1, 0.15) is 5.52 Å². The third-order valence-electron chi connectivity index (χ3n) is 5.37. The van der Waals surface area contributed by atoms with Gasteiger partial charge in [0.15, 0.2) is 5.65 Å². The van der Waals surface area contributed by atoms with Crippen LogP contribution in [0.2, 0.25) is 0 Å². The predicted molar refractivity (Wildman–Crippen MR) is 108 cm³/mol. The molecule has 28 heavy (non-hydrogen) atoms. The Kier molecular flexibility index (Phi) is 5.14. The van der Waals surface area contributed by atoms with E-state index in [0.29, 0.717) is 12.2 Å². The van der Waals surface area contributed by atoms with Gasteiger partial charge in [-0.15, -0.1) is 0 Å². The zero-order valence-corrected chi connectivity index (χ0v) is 16.2. The van der Waals surface area contributed by atoms with E-state index >= 15 is 0 Å². The number of piperidine rings is 1. The largest absolute Gasteiger partial charge is 0.370 e. The second kappa shape index (κ2) is 7.88. The smallest absolute Gasteiger partial charge is 0.223 e. The molecule has 1 saturated heterocycles. The topological polar surface area (TPSA) is 83.9 Å². The third-order valence-corrected chi connectivity index (χ3v) is 5.37. The number of aryl methyl sites for hydroxylation is 2. The standard InChI is InChI=1S/C21H24N6O/c1-14-15(2)26-20-19(25-14)11-18(13-23-20)27-9-5-17(6-10-27)21(28)24-12-16-3-7-22-8-4-16/h3-4,7-8,11,13,17H,5-6,9-10,12H2,1-2H3,(H,24,28). The van der Waals surface area contributed by atoms with Gasteiger partial charge in [0.2, 0.25) is 5.91 Å². The molecule has 3 aromatic heterocycles. The fourth-order valence-electron chi connectivity index (χ4n) is 3.51. The van der Waals surface area contributed by atoms with Crippen LogP contribution in [-0.2, 0) is 11.3 Å². The van der Waals surface area contributed by atoms with Crippen molar-refractivity contribution in [3.63, 3.8) is 0 Å². The molecule has 4 heterocycles. The molecule has 1 aliphatic heterocycles. The summed E-state index contributed by atoms with van der Waals surface area (Å²) in [5, 5.41) is 3.04. The van der Waals surface area contributed by atoms with Crippen LogP contribution in [-0.4, -0.2) is 38.9 Å². The van der Waals surface area contributed by atoms with Crippen molar-refractivity contribution in [1.82, 2.24) is 25.3 Å². The van der Waals surface area contributed by atoms with E-state index in [-0.39, 0.29) is 11.8 Å². The summed E-state index contributed by atoms with van der Waals surface area (Å²) in [4.78, 5) is 32.3. The number of nitrogens with zero attached hydrogens (tertiary/aromatic N) is 5. The molecule has 0 aromatic carbocycles. The number of aromatic nitrogens is 4. The number of amides is 1. The predicted octanol–water partition coefficient (Wildman–Crippen LogP) is 2.57. The minimum atomic E-state index is 0.0520. The first-order valence-corrected chi connectivity index (χ1v) is 9.63. The Morgan fingerprint density at radius 3 is 2.61 bits per heavy atom. The minimum Gasteiger partial charge on any atom is -0.370 e. The van der Waals surface area contributed by atoms with E-state index in [9.17, 15) is 4.79 Å². The molecule has 1 fully saturated rings. The highest BCUT2D eigenvalue weighted by molar-refractivity contribution is 5.79. The quantitative estimate of drug-likeness (QED) is 0.753. The minimum absolute atomic E-state index is 0.0520. The molecule has 144 valence electrons. The summed E-state index contributed by atoms with van der Waals surface area (Å²) in [6.45, 7) is 6.12. The molecule has 4 rings (SSSR count). The molecule has 0 saturated carbocycles. The highest BCUT2D eigenvalue weighted by atomic mass is 16.1. The molecular formula is C21H24N6O. The van der Waals surface area contributed by atoms with Gasteiger partial charge in [0.25, 0.3) is 0 Å².